The molecule has 3 aromatic rings. The van der Waals surface area contributed by atoms with Crippen LogP contribution in [0.1, 0.15) is 18.1 Å². The second-order valence-electron chi connectivity index (χ2n) is 5.54. The third-order valence-electron chi connectivity index (χ3n) is 3.72. The van der Waals surface area contributed by atoms with Gasteiger partial charge in [0.2, 0.25) is 0 Å². The van der Waals surface area contributed by atoms with Crippen LogP contribution in [0.4, 0.5) is 0 Å². The first-order valence-electron chi connectivity index (χ1n) is 7.51. The molecule has 0 N–H and O–H groups in total. The van der Waals surface area contributed by atoms with E-state index in [0.717, 1.165) is 32.1 Å². The van der Waals surface area contributed by atoms with Gasteiger partial charge in [0.15, 0.2) is 0 Å². The summed E-state index contributed by atoms with van der Waals surface area (Å²) in [4.78, 5) is 11.6. The van der Waals surface area contributed by atoms with Crippen molar-refractivity contribution < 1.29 is 9.53 Å². The van der Waals surface area contributed by atoms with E-state index in [0.29, 0.717) is 13.0 Å². The van der Waals surface area contributed by atoms with Crippen LogP contribution in [-0.2, 0) is 17.8 Å². The average Bonchev–Trinajstić information content (AvgIpc) is 2.56. The second kappa shape index (κ2) is 6.97. The van der Waals surface area contributed by atoms with E-state index in [2.05, 4.69) is 15.9 Å². The summed E-state index contributed by atoms with van der Waals surface area (Å²) in [6.07, 6.45) is 0.392. The summed E-state index contributed by atoms with van der Waals surface area (Å²) in [7, 11) is 0. The van der Waals surface area contributed by atoms with Gasteiger partial charge in [-0.25, -0.2) is 0 Å². The molecule has 0 bridgehead atoms. The summed E-state index contributed by atoms with van der Waals surface area (Å²) in [6.45, 7) is 2.11. The lowest BCUT2D eigenvalue weighted by Gasteiger charge is -2.14. The highest BCUT2D eigenvalue weighted by atomic mass is 79.9. The largest absolute Gasteiger partial charge is 0.488 e. The molecule has 0 aliphatic carbocycles. The van der Waals surface area contributed by atoms with Gasteiger partial charge in [-0.2, -0.15) is 0 Å². The van der Waals surface area contributed by atoms with Crippen LogP contribution in [0.15, 0.2) is 65.1 Å². The number of carbonyl (C=O) groups is 1. The molecule has 0 aromatic heterocycles. The maximum Gasteiger partial charge on any atom is 0.134 e. The molecule has 2 nitrogen and oxygen atoms in total. The molecule has 0 spiro atoms. The fourth-order valence-electron chi connectivity index (χ4n) is 2.63. The number of hydrogen-bond acceptors (Lipinski definition) is 2. The zero-order valence-electron chi connectivity index (χ0n) is 12.9. The Morgan fingerprint density at radius 2 is 1.74 bits per heavy atom. The minimum absolute atomic E-state index is 0.135. The Morgan fingerprint density at radius 3 is 2.48 bits per heavy atom. The normalized spacial score (nSPS) is 10.7. The van der Waals surface area contributed by atoms with Gasteiger partial charge in [-0.1, -0.05) is 54.6 Å². The van der Waals surface area contributed by atoms with E-state index < -0.39 is 0 Å². The standard InChI is InChI=1S/C20H17BrO2/c1-14(22)11-18-17-10-6-5-9-16(17)12-19(20(18)21)23-13-15-7-3-2-4-8-15/h2-10,12H,11,13H2,1H3. The fourth-order valence-corrected chi connectivity index (χ4v) is 3.21. The van der Waals surface area contributed by atoms with Gasteiger partial charge in [-0.3, -0.25) is 4.79 Å². The van der Waals surface area contributed by atoms with Gasteiger partial charge < -0.3 is 4.74 Å². The van der Waals surface area contributed by atoms with E-state index in [9.17, 15) is 4.79 Å². The SMILES string of the molecule is CC(=O)Cc1c(Br)c(OCc2ccccc2)cc2ccccc12. The Kier molecular flexibility index (Phi) is 4.77. The highest BCUT2D eigenvalue weighted by Crippen LogP contribution is 2.36. The molecule has 0 fully saturated rings. The summed E-state index contributed by atoms with van der Waals surface area (Å²) >= 11 is 3.63. The number of ether oxygens (including phenoxy) is 1. The number of fused-ring (bicyclic) bond motifs is 1. The first-order valence-corrected chi connectivity index (χ1v) is 8.30. The van der Waals surface area contributed by atoms with Crippen molar-refractivity contribution in [2.24, 2.45) is 0 Å². The molecule has 0 heterocycles. The second-order valence-corrected chi connectivity index (χ2v) is 6.33. The lowest BCUT2D eigenvalue weighted by atomic mass is 10.00. The predicted octanol–water partition coefficient (Wildman–Crippen LogP) is 5.31. The van der Waals surface area contributed by atoms with Crippen LogP contribution in [0.25, 0.3) is 10.8 Å². The molecule has 0 saturated carbocycles. The predicted molar refractivity (Wildman–Crippen MR) is 96.8 cm³/mol. The molecule has 0 atom stereocenters. The van der Waals surface area contributed by atoms with E-state index in [-0.39, 0.29) is 5.78 Å². The van der Waals surface area contributed by atoms with Crippen LogP contribution in [-0.4, -0.2) is 5.78 Å². The van der Waals surface area contributed by atoms with Crippen molar-refractivity contribution in [1.29, 1.82) is 0 Å². The van der Waals surface area contributed by atoms with Crippen molar-refractivity contribution in [3.8, 4) is 5.75 Å². The van der Waals surface area contributed by atoms with Crippen molar-refractivity contribution in [2.45, 2.75) is 20.0 Å². The summed E-state index contributed by atoms with van der Waals surface area (Å²) in [6, 6.07) is 20.1. The zero-order valence-corrected chi connectivity index (χ0v) is 14.5. The van der Waals surface area contributed by atoms with E-state index in [4.69, 9.17) is 4.74 Å². The highest BCUT2D eigenvalue weighted by Gasteiger charge is 2.14. The molecule has 116 valence electrons. The molecule has 23 heavy (non-hydrogen) atoms. The maximum absolute atomic E-state index is 11.6. The number of benzene rings is 3. The third-order valence-corrected chi connectivity index (χ3v) is 4.59. The Bertz CT molecular complexity index is 841. The van der Waals surface area contributed by atoms with E-state index in [1.165, 1.54) is 0 Å². The van der Waals surface area contributed by atoms with Crippen molar-refractivity contribution in [1.82, 2.24) is 0 Å². The molecule has 0 unspecified atom stereocenters. The molecular weight excluding hydrogens is 352 g/mol. The van der Waals surface area contributed by atoms with Crippen LogP contribution >= 0.6 is 15.9 Å². The van der Waals surface area contributed by atoms with Crippen LogP contribution in [0.2, 0.25) is 0 Å². The lowest BCUT2D eigenvalue weighted by molar-refractivity contribution is -0.116. The van der Waals surface area contributed by atoms with Crippen molar-refractivity contribution >= 4 is 32.5 Å². The van der Waals surface area contributed by atoms with Gasteiger partial charge >= 0.3 is 0 Å². The molecule has 0 amide bonds. The Labute approximate surface area is 144 Å². The van der Waals surface area contributed by atoms with Gasteiger partial charge in [0.1, 0.15) is 18.1 Å². The number of hydrogen-bond donors (Lipinski definition) is 0. The third kappa shape index (κ3) is 3.62. The van der Waals surface area contributed by atoms with Crippen molar-refractivity contribution in [3.05, 3.63) is 76.3 Å². The molecule has 0 saturated heterocycles. The van der Waals surface area contributed by atoms with Crippen molar-refractivity contribution in [2.75, 3.05) is 0 Å². The molecular formula is C20H17BrO2. The fraction of sp³-hybridized carbons (Fsp3) is 0.150. The average molecular weight is 369 g/mol. The van der Waals surface area contributed by atoms with Crippen molar-refractivity contribution in [3.63, 3.8) is 0 Å². The highest BCUT2D eigenvalue weighted by molar-refractivity contribution is 9.10. The lowest BCUT2D eigenvalue weighted by Crippen LogP contribution is -2.02. The van der Waals surface area contributed by atoms with Gasteiger partial charge in [0.05, 0.1) is 4.47 Å². The molecule has 0 aliphatic rings. The summed E-state index contributed by atoms with van der Waals surface area (Å²) in [5, 5.41) is 2.16. The van der Waals surface area contributed by atoms with Gasteiger partial charge in [0.25, 0.3) is 0 Å². The number of rotatable bonds is 5. The summed E-state index contributed by atoms with van der Waals surface area (Å²) in [5.74, 6) is 0.903. The quantitative estimate of drug-likeness (QED) is 0.609. The molecule has 0 radical (unpaired) electrons. The Balaban J connectivity index is 1.99. The van der Waals surface area contributed by atoms with Gasteiger partial charge in [-0.15, -0.1) is 0 Å². The van der Waals surface area contributed by atoms with E-state index in [1.54, 1.807) is 6.92 Å². The first kappa shape index (κ1) is 15.8. The number of carbonyl (C=O) groups excluding carboxylic acids is 1. The Morgan fingerprint density at radius 1 is 1.04 bits per heavy atom. The molecule has 0 aliphatic heterocycles. The Hall–Kier alpha value is -2.13. The zero-order chi connectivity index (χ0) is 16.2. The van der Waals surface area contributed by atoms with Crippen LogP contribution in [0, 0.1) is 0 Å². The molecule has 3 rings (SSSR count). The smallest absolute Gasteiger partial charge is 0.134 e. The molecule has 3 aromatic carbocycles. The minimum Gasteiger partial charge on any atom is -0.488 e. The molecule has 3 heteroatoms. The summed E-state index contributed by atoms with van der Waals surface area (Å²) in [5.41, 5.74) is 2.10. The summed E-state index contributed by atoms with van der Waals surface area (Å²) < 4.78 is 6.86. The maximum atomic E-state index is 11.6. The number of ketones is 1. The minimum atomic E-state index is 0.135. The van der Waals surface area contributed by atoms with Crippen LogP contribution in [0.5, 0.6) is 5.75 Å². The monoisotopic (exact) mass is 368 g/mol. The first-order chi connectivity index (χ1) is 11.1. The van der Waals surface area contributed by atoms with Gasteiger partial charge in [-0.05, 0) is 50.8 Å². The van der Waals surface area contributed by atoms with E-state index in [1.807, 2.05) is 60.7 Å². The topological polar surface area (TPSA) is 26.3 Å². The van der Waals surface area contributed by atoms with Gasteiger partial charge in [0, 0.05) is 6.42 Å². The number of Topliss-reactive ketones (excluding diaryl/α,β-unsaturated/α-hetero) is 1. The number of halogens is 1. The van der Waals surface area contributed by atoms with Crippen LogP contribution in [0.3, 0.4) is 0 Å². The van der Waals surface area contributed by atoms with E-state index >= 15 is 0 Å². The van der Waals surface area contributed by atoms with Crippen LogP contribution < -0.4 is 4.74 Å².